The summed E-state index contributed by atoms with van der Waals surface area (Å²) in [5.41, 5.74) is 3.98. The Kier molecular flexibility index (Phi) is 15.1. The van der Waals surface area contributed by atoms with Crippen molar-refractivity contribution in [2.75, 3.05) is 14.2 Å². The minimum absolute atomic E-state index is 0. The highest BCUT2D eigenvalue weighted by molar-refractivity contribution is 5.78. The van der Waals surface area contributed by atoms with Crippen LogP contribution in [0.3, 0.4) is 0 Å². The van der Waals surface area contributed by atoms with Gasteiger partial charge < -0.3 is 53.1 Å². The maximum Gasteiger partial charge on any atom is 0.169 e. The number of pyridine rings is 2. The number of rotatable bonds is 14. The number of hydrogen-bond acceptors (Lipinski definition) is 6. The average Bonchev–Trinajstić information content (AvgIpc) is 2.99. The molecule has 8 nitrogen and oxygen atoms in total. The molecule has 10 heteroatoms. The normalized spacial score (nSPS) is 10.6. The van der Waals surface area contributed by atoms with Crippen molar-refractivity contribution < 1.29 is 62.2 Å². The molecule has 0 amide bonds. The van der Waals surface area contributed by atoms with Gasteiger partial charge in [0.2, 0.25) is 0 Å². The number of aromatic nitrogens is 2. The molecule has 0 bridgehead atoms. The molecule has 0 fully saturated rings. The Hall–Kier alpha value is -3.76. The summed E-state index contributed by atoms with van der Waals surface area (Å²) in [5, 5.41) is 8.15. The second kappa shape index (κ2) is 18.6. The van der Waals surface area contributed by atoms with Gasteiger partial charge in [-0.2, -0.15) is 0 Å². The zero-order valence-electron chi connectivity index (χ0n) is 23.1. The molecule has 0 aliphatic carbocycles. The Morgan fingerprint density at radius 2 is 1.02 bits per heavy atom. The fourth-order valence-corrected chi connectivity index (χ4v) is 3.79. The number of halogens is 2. The van der Waals surface area contributed by atoms with Gasteiger partial charge in [-0.1, -0.05) is 34.6 Å². The fourth-order valence-electron chi connectivity index (χ4n) is 3.79. The number of methoxy groups -OCH3 is 2. The van der Waals surface area contributed by atoms with E-state index in [0.29, 0.717) is 13.2 Å². The van der Waals surface area contributed by atoms with Gasteiger partial charge in [0.1, 0.15) is 24.7 Å². The van der Waals surface area contributed by atoms with Gasteiger partial charge in [-0.25, -0.2) is 9.13 Å². The van der Waals surface area contributed by atoms with E-state index in [-0.39, 0.29) is 34.0 Å². The smallest absolute Gasteiger partial charge is 0.169 e. The first kappa shape index (κ1) is 33.4. The van der Waals surface area contributed by atoms with Crippen molar-refractivity contribution in [2.45, 2.75) is 32.7 Å². The van der Waals surface area contributed by atoms with Crippen LogP contribution in [0.15, 0.2) is 108 Å². The summed E-state index contributed by atoms with van der Waals surface area (Å²) >= 11 is 0. The molecule has 0 saturated carbocycles. The first-order valence-corrected chi connectivity index (χ1v) is 12.8. The number of hydrogen-bond donors (Lipinski definition) is 0. The molecular formula is C31H34Br2N4O4. The summed E-state index contributed by atoms with van der Waals surface area (Å²) in [6, 6.07) is 23.6. The zero-order chi connectivity index (χ0) is 27.1. The lowest BCUT2D eigenvalue weighted by Crippen LogP contribution is -3.00. The van der Waals surface area contributed by atoms with Gasteiger partial charge in [0.15, 0.2) is 37.9 Å². The number of benzene rings is 2. The highest BCUT2D eigenvalue weighted by Gasteiger charge is 2.05. The van der Waals surface area contributed by atoms with Crippen LogP contribution in [0.5, 0.6) is 11.5 Å². The van der Waals surface area contributed by atoms with Crippen LogP contribution in [0.2, 0.25) is 0 Å². The predicted octanol–water partition coefficient (Wildman–Crippen LogP) is -1.52. The largest absolute Gasteiger partial charge is 1.00 e. The molecule has 4 rings (SSSR count). The van der Waals surface area contributed by atoms with Gasteiger partial charge in [0.05, 0.1) is 33.1 Å². The molecule has 41 heavy (non-hydrogen) atoms. The van der Waals surface area contributed by atoms with E-state index in [1.54, 1.807) is 26.6 Å². The minimum Gasteiger partial charge on any atom is -1.00 e. The average molecular weight is 686 g/mol. The summed E-state index contributed by atoms with van der Waals surface area (Å²) in [6.45, 7) is 2.62. The standard InChI is InChI=1S/C31H34N4O4.2BrH/c1-36-30-8-3-6-28(20-30)24-38-32-22-26-10-16-34(17-11-26)14-5-15-35-18-12-27(13-19-35)23-33-39-25-29-7-4-9-31(21-29)37-2;;/h3-4,6-13,16-23H,5,14-15,24-25H2,1-2H3;2*1H/q+2;;/p-2/b32-22+,33-23+;;. The zero-order valence-corrected chi connectivity index (χ0v) is 26.3. The third-order valence-corrected chi connectivity index (χ3v) is 5.95. The maximum absolute atomic E-state index is 5.41. The number of ether oxygens (including phenoxy) is 2. The summed E-state index contributed by atoms with van der Waals surface area (Å²) in [6.07, 6.45) is 12.7. The monoisotopic (exact) mass is 684 g/mol. The Morgan fingerprint density at radius 1 is 0.610 bits per heavy atom. The summed E-state index contributed by atoms with van der Waals surface area (Å²) in [7, 11) is 3.30. The van der Waals surface area contributed by atoms with Crippen LogP contribution in [-0.4, -0.2) is 26.6 Å². The molecule has 2 aromatic carbocycles. The van der Waals surface area contributed by atoms with Crippen molar-refractivity contribution >= 4 is 12.4 Å². The van der Waals surface area contributed by atoms with E-state index in [9.17, 15) is 0 Å². The molecule has 2 heterocycles. The van der Waals surface area contributed by atoms with Crippen LogP contribution in [0.4, 0.5) is 0 Å². The van der Waals surface area contributed by atoms with E-state index in [1.807, 2.05) is 72.8 Å². The van der Waals surface area contributed by atoms with Crippen molar-refractivity contribution in [1.82, 2.24) is 0 Å². The Labute approximate surface area is 262 Å². The van der Waals surface area contributed by atoms with Gasteiger partial charge in [-0.15, -0.1) is 0 Å². The Morgan fingerprint density at radius 3 is 1.41 bits per heavy atom. The van der Waals surface area contributed by atoms with E-state index in [2.05, 4.69) is 44.2 Å². The third-order valence-electron chi connectivity index (χ3n) is 5.95. The van der Waals surface area contributed by atoms with Crippen LogP contribution >= 0.6 is 0 Å². The van der Waals surface area contributed by atoms with Crippen LogP contribution in [0, 0.1) is 0 Å². The van der Waals surface area contributed by atoms with Gasteiger partial charge in [0.25, 0.3) is 0 Å². The van der Waals surface area contributed by atoms with E-state index in [1.165, 1.54) is 0 Å². The molecule has 0 atom stereocenters. The lowest BCUT2D eigenvalue weighted by atomic mass is 10.2. The van der Waals surface area contributed by atoms with Gasteiger partial charge in [-0.05, 0) is 35.4 Å². The minimum atomic E-state index is 0. The van der Waals surface area contributed by atoms with Gasteiger partial charge in [0, 0.05) is 35.4 Å². The van der Waals surface area contributed by atoms with E-state index in [0.717, 1.165) is 53.3 Å². The van der Waals surface area contributed by atoms with Crippen molar-refractivity contribution in [1.29, 1.82) is 0 Å². The third kappa shape index (κ3) is 11.7. The van der Waals surface area contributed by atoms with E-state index < -0.39 is 0 Å². The number of aryl methyl sites for hydroxylation is 2. The molecule has 2 aromatic heterocycles. The molecule has 0 unspecified atom stereocenters. The maximum atomic E-state index is 5.41. The molecule has 0 N–H and O–H groups in total. The molecule has 0 saturated heterocycles. The summed E-state index contributed by atoms with van der Waals surface area (Å²) in [4.78, 5) is 10.8. The molecular weight excluding hydrogens is 652 g/mol. The van der Waals surface area contributed by atoms with E-state index in [4.69, 9.17) is 19.1 Å². The lowest BCUT2D eigenvalue weighted by Gasteiger charge is -2.03. The quantitative estimate of drug-likeness (QED) is 0.0920. The molecule has 0 spiro atoms. The van der Waals surface area contributed by atoms with Crippen molar-refractivity contribution in [2.24, 2.45) is 10.3 Å². The van der Waals surface area contributed by atoms with Crippen LogP contribution in [0.1, 0.15) is 28.7 Å². The SMILES string of the molecule is COc1cccc(CO/N=C/c2cc[n+](CCC[n+]3ccc(/C=N/OCc4cccc(OC)c4)cc3)cc2)c1.[Br-].[Br-]. The van der Waals surface area contributed by atoms with Crippen molar-refractivity contribution in [3.63, 3.8) is 0 Å². The molecule has 0 aliphatic rings. The Balaban J connectivity index is 0.00000294. The summed E-state index contributed by atoms with van der Waals surface area (Å²) < 4.78 is 14.8. The molecule has 4 aromatic rings. The number of nitrogens with zero attached hydrogens (tertiary/aromatic N) is 4. The van der Waals surface area contributed by atoms with Gasteiger partial charge >= 0.3 is 0 Å². The second-order valence-corrected chi connectivity index (χ2v) is 8.81. The first-order chi connectivity index (χ1) is 19.2. The van der Waals surface area contributed by atoms with Crippen molar-refractivity contribution in [3.8, 4) is 11.5 Å². The lowest BCUT2D eigenvalue weighted by molar-refractivity contribution is -0.726. The molecule has 0 radical (unpaired) electrons. The van der Waals surface area contributed by atoms with E-state index >= 15 is 0 Å². The first-order valence-electron chi connectivity index (χ1n) is 12.8. The van der Waals surface area contributed by atoms with Crippen LogP contribution < -0.4 is 52.6 Å². The summed E-state index contributed by atoms with van der Waals surface area (Å²) in [5.74, 6) is 1.61. The van der Waals surface area contributed by atoms with Crippen LogP contribution in [-0.2, 0) is 36.0 Å². The number of oxime groups is 2. The van der Waals surface area contributed by atoms with Crippen LogP contribution in [0.25, 0.3) is 0 Å². The fraction of sp³-hybridized carbons (Fsp3) is 0.226. The highest BCUT2D eigenvalue weighted by atomic mass is 79.9. The second-order valence-electron chi connectivity index (χ2n) is 8.81. The van der Waals surface area contributed by atoms with Gasteiger partial charge in [-0.3, -0.25) is 0 Å². The topological polar surface area (TPSA) is 69.4 Å². The predicted molar refractivity (Wildman–Crippen MR) is 149 cm³/mol. The molecule has 0 aliphatic heterocycles. The molecule has 216 valence electrons. The Bertz CT molecular complexity index is 1260. The van der Waals surface area contributed by atoms with Crippen molar-refractivity contribution in [3.05, 3.63) is 120 Å². The highest BCUT2D eigenvalue weighted by Crippen LogP contribution is 2.14.